The van der Waals surface area contributed by atoms with Crippen molar-refractivity contribution in [1.29, 1.82) is 5.26 Å². The van der Waals surface area contributed by atoms with Crippen molar-refractivity contribution >= 4 is 47.0 Å². The smallest absolute Gasteiger partial charge is 0.328 e. The third-order valence-corrected chi connectivity index (χ3v) is 7.79. The third kappa shape index (κ3) is 7.80. The predicted molar refractivity (Wildman–Crippen MR) is 160 cm³/mol. The first-order chi connectivity index (χ1) is 20.3. The van der Waals surface area contributed by atoms with Crippen molar-refractivity contribution in [3.63, 3.8) is 0 Å². The third-order valence-electron chi connectivity index (χ3n) is 6.86. The van der Waals surface area contributed by atoms with Gasteiger partial charge in [0, 0.05) is 49.8 Å². The molecule has 4 heterocycles. The van der Waals surface area contributed by atoms with Crippen molar-refractivity contribution in [2.24, 2.45) is 0 Å². The number of rotatable bonds is 11. The van der Waals surface area contributed by atoms with Crippen molar-refractivity contribution in [1.82, 2.24) is 19.8 Å². The summed E-state index contributed by atoms with van der Waals surface area (Å²) in [6, 6.07) is 5.29. The van der Waals surface area contributed by atoms with Crippen LogP contribution in [0.5, 0.6) is 5.88 Å². The minimum absolute atomic E-state index is 0.0590. The molecule has 4 rings (SSSR count). The highest BCUT2D eigenvalue weighted by Crippen LogP contribution is 2.32. The van der Waals surface area contributed by atoms with Gasteiger partial charge in [-0.2, -0.15) is 10.2 Å². The molecule has 0 saturated carbocycles. The molecular weight excluding hydrogens is 560 g/mol. The summed E-state index contributed by atoms with van der Waals surface area (Å²) in [5.41, 5.74) is 2.58. The van der Waals surface area contributed by atoms with Gasteiger partial charge in [0.25, 0.3) is 0 Å². The van der Waals surface area contributed by atoms with E-state index < -0.39 is 6.03 Å². The Labute approximate surface area is 249 Å². The van der Waals surface area contributed by atoms with Gasteiger partial charge in [-0.3, -0.25) is 24.7 Å². The zero-order valence-electron chi connectivity index (χ0n) is 24.1. The number of nitriles is 1. The summed E-state index contributed by atoms with van der Waals surface area (Å²) in [6.45, 7) is 5.28. The average molecular weight is 597 g/mol. The molecule has 0 aromatic carbocycles. The Morgan fingerprint density at radius 1 is 1.24 bits per heavy atom. The number of hydrogen-bond acceptors (Lipinski definition) is 11. The Morgan fingerprint density at radius 3 is 2.81 bits per heavy atom. The van der Waals surface area contributed by atoms with E-state index in [2.05, 4.69) is 21.7 Å². The van der Waals surface area contributed by atoms with Crippen LogP contribution in [-0.2, 0) is 27.3 Å². The molecule has 2 N–H and O–H groups in total. The molecule has 2 aromatic heterocycles. The summed E-state index contributed by atoms with van der Waals surface area (Å²) in [5.74, 6) is 1.84. The zero-order chi connectivity index (χ0) is 30.1. The van der Waals surface area contributed by atoms with E-state index in [1.54, 1.807) is 22.8 Å². The van der Waals surface area contributed by atoms with Crippen LogP contribution in [0.25, 0.3) is 0 Å². The number of urea groups is 1. The molecule has 2 aliphatic heterocycles. The fraction of sp³-hybridized carbons (Fsp3) is 0.500. The number of esters is 1. The van der Waals surface area contributed by atoms with E-state index in [0.717, 1.165) is 30.5 Å². The van der Waals surface area contributed by atoms with E-state index in [1.165, 1.54) is 25.1 Å². The maximum absolute atomic E-state index is 13.4. The first kappa shape index (κ1) is 30.9. The molecule has 42 heavy (non-hydrogen) atoms. The van der Waals surface area contributed by atoms with E-state index in [0.29, 0.717) is 68.0 Å². The van der Waals surface area contributed by atoms with Gasteiger partial charge in [0.2, 0.25) is 11.8 Å². The SMILES string of the molecule is CCOC(=O)CSCCNc1cc(NC(=O)N2CCCc3cc(CN4CCN(C)CC4=O)c(OC)nc32)ncc1C#N. The predicted octanol–water partition coefficient (Wildman–Crippen LogP) is 2.32. The van der Waals surface area contributed by atoms with Crippen molar-refractivity contribution < 1.29 is 23.9 Å². The standard InChI is InChI=1S/C28H36N8O5S/c1-4-41-25(38)18-42-11-7-30-22-13-23(31-15-21(22)14-29)32-28(39)36-8-5-6-19-12-20(27(40-3)33-26(19)36)16-35-10-9-34(2)17-24(35)37/h12-13,15H,4-11,16-18H2,1-3H3,(H2,30,31,32,39). The number of likely N-dealkylation sites (N-methyl/N-ethyl adjacent to an activating group) is 1. The summed E-state index contributed by atoms with van der Waals surface area (Å²) in [5, 5.41) is 15.5. The lowest BCUT2D eigenvalue weighted by atomic mass is 10.0. The van der Waals surface area contributed by atoms with Gasteiger partial charge in [-0.15, -0.1) is 11.8 Å². The molecule has 0 radical (unpaired) electrons. The van der Waals surface area contributed by atoms with E-state index in [-0.39, 0.29) is 23.4 Å². The molecule has 1 fully saturated rings. The van der Waals surface area contributed by atoms with Crippen molar-refractivity contribution in [2.45, 2.75) is 26.3 Å². The van der Waals surface area contributed by atoms with Crippen molar-refractivity contribution in [3.8, 4) is 11.9 Å². The molecule has 0 atom stereocenters. The summed E-state index contributed by atoms with van der Waals surface area (Å²) < 4.78 is 10.5. The number of aryl methyl sites for hydroxylation is 1. The Bertz CT molecular complexity index is 1350. The molecule has 13 nitrogen and oxygen atoms in total. The molecular formula is C28H36N8O5S. The van der Waals surface area contributed by atoms with Gasteiger partial charge in [-0.25, -0.2) is 9.78 Å². The number of carbonyl (C=O) groups excluding carboxylic acids is 3. The number of methoxy groups -OCH3 is 1. The number of thioether (sulfide) groups is 1. The molecule has 14 heteroatoms. The summed E-state index contributed by atoms with van der Waals surface area (Å²) in [4.78, 5) is 51.7. The number of ether oxygens (including phenoxy) is 2. The van der Waals surface area contributed by atoms with Crippen LogP contribution in [0.3, 0.4) is 0 Å². The molecule has 2 aromatic rings. The van der Waals surface area contributed by atoms with Gasteiger partial charge in [0.15, 0.2) is 0 Å². The molecule has 0 spiro atoms. The number of fused-ring (bicyclic) bond motifs is 1. The monoisotopic (exact) mass is 596 g/mol. The fourth-order valence-electron chi connectivity index (χ4n) is 4.77. The number of aromatic nitrogens is 2. The van der Waals surface area contributed by atoms with Gasteiger partial charge < -0.3 is 19.7 Å². The van der Waals surface area contributed by atoms with Gasteiger partial charge in [0.05, 0.1) is 43.8 Å². The van der Waals surface area contributed by atoms with Crippen LogP contribution in [0.4, 0.5) is 22.1 Å². The average Bonchev–Trinajstić information content (AvgIpc) is 2.98. The lowest BCUT2D eigenvalue weighted by Crippen LogP contribution is -2.48. The second-order valence-corrected chi connectivity index (χ2v) is 11.0. The molecule has 0 aliphatic carbocycles. The van der Waals surface area contributed by atoms with Crippen molar-refractivity contribution in [2.75, 3.05) is 80.5 Å². The van der Waals surface area contributed by atoms with E-state index in [4.69, 9.17) is 14.5 Å². The highest BCUT2D eigenvalue weighted by molar-refractivity contribution is 7.99. The van der Waals surface area contributed by atoms with Crippen molar-refractivity contribution in [3.05, 3.63) is 35.0 Å². The van der Waals surface area contributed by atoms with Gasteiger partial charge in [-0.05, 0) is 38.4 Å². The van der Waals surface area contributed by atoms with Gasteiger partial charge in [-0.1, -0.05) is 0 Å². The minimum Gasteiger partial charge on any atom is -0.481 e. The normalized spacial score (nSPS) is 15.0. The first-order valence-corrected chi connectivity index (χ1v) is 15.0. The second-order valence-electron chi connectivity index (χ2n) is 9.89. The molecule has 1 saturated heterocycles. The van der Waals surface area contributed by atoms with E-state index in [1.807, 2.05) is 18.0 Å². The molecule has 3 amide bonds. The van der Waals surface area contributed by atoms with Crippen LogP contribution in [0.15, 0.2) is 18.3 Å². The number of pyridine rings is 2. The number of amides is 3. The summed E-state index contributed by atoms with van der Waals surface area (Å²) in [6.07, 6.45) is 2.90. The van der Waals surface area contributed by atoms with Crippen LogP contribution in [0.1, 0.15) is 30.0 Å². The highest BCUT2D eigenvalue weighted by Gasteiger charge is 2.28. The van der Waals surface area contributed by atoms with E-state index in [9.17, 15) is 19.6 Å². The number of hydrogen-bond donors (Lipinski definition) is 2. The lowest BCUT2D eigenvalue weighted by molar-refractivity contribution is -0.140. The number of anilines is 3. The molecule has 0 bridgehead atoms. The Hall–Kier alpha value is -4.09. The summed E-state index contributed by atoms with van der Waals surface area (Å²) in [7, 11) is 3.46. The number of nitrogens with zero attached hydrogens (tertiary/aromatic N) is 6. The first-order valence-electron chi connectivity index (χ1n) is 13.8. The van der Waals surface area contributed by atoms with E-state index >= 15 is 0 Å². The number of piperazine rings is 1. The van der Waals surface area contributed by atoms with Gasteiger partial charge in [0.1, 0.15) is 17.7 Å². The Kier molecular flexibility index (Phi) is 10.8. The summed E-state index contributed by atoms with van der Waals surface area (Å²) >= 11 is 1.42. The maximum Gasteiger partial charge on any atom is 0.328 e. The Balaban J connectivity index is 1.43. The minimum atomic E-state index is -0.402. The van der Waals surface area contributed by atoms with Crippen LogP contribution >= 0.6 is 11.8 Å². The van der Waals surface area contributed by atoms with Crippen LogP contribution in [-0.4, -0.2) is 103 Å². The Morgan fingerprint density at radius 2 is 2.07 bits per heavy atom. The topological polar surface area (TPSA) is 153 Å². The largest absolute Gasteiger partial charge is 0.481 e. The van der Waals surface area contributed by atoms with Crippen LogP contribution in [0, 0.1) is 11.3 Å². The lowest BCUT2D eigenvalue weighted by Gasteiger charge is -2.33. The number of nitrogens with one attached hydrogen (secondary N) is 2. The highest BCUT2D eigenvalue weighted by atomic mass is 32.2. The van der Waals surface area contributed by atoms with Crippen LogP contribution in [0.2, 0.25) is 0 Å². The van der Waals surface area contributed by atoms with Gasteiger partial charge >= 0.3 is 12.0 Å². The maximum atomic E-state index is 13.4. The molecule has 224 valence electrons. The zero-order valence-corrected chi connectivity index (χ0v) is 25.0. The van der Waals surface area contributed by atoms with Crippen LogP contribution < -0.4 is 20.3 Å². The fourth-order valence-corrected chi connectivity index (χ4v) is 5.41. The quantitative estimate of drug-likeness (QED) is 0.290. The molecule has 0 unspecified atom stereocenters. The molecule has 2 aliphatic rings. The number of carbonyl (C=O) groups is 3. The second kappa shape index (κ2) is 14.7.